The summed E-state index contributed by atoms with van der Waals surface area (Å²) < 4.78 is 6.38. The predicted molar refractivity (Wildman–Crippen MR) is 119 cm³/mol. The number of para-hydroxylation sites is 2. The van der Waals surface area contributed by atoms with Gasteiger partial charge in [-0.05, 0) is 30.3 Å². The van der Waals surface area contributed by atoms with Gasteiger partial charge in [-0.3, -0.25) is 9.59 Å². The van der Waals surface area contributed by atoms with Gasteiger partial charge in [0.2, 0.25) is 5.91 Å². The molecule has 0 bridgehead atoms. The first-order chi connectivity index (χ1) is 14.0. The van der Waals surface area contributed by atoms with Gasteiger partial charge in [0.05, 0.1) is 16.4 Å². The van der Waals surface area contributed by atoms with Gasteiger partial charge in [-0.2, -0.15) is 0 Å². The largest absolute Gasteiger partial charge is 0.482 e. The first-order valence-corrected chi connectivity index (χ1v) is 10.6. The van der Waals surface area contributed by atoms with Gasteiger partial charge in [-0.1, -0.05) is 46.6 Å². The van der Waals surface area contributed by atoms with Gasteiger partial charge in [0.25, 0.3) is 5.91 Å². The molecule has 6 nitrogen and oxygen atoms in total. The summed E-state index contributed by atoms with van der Waals surface area (Å²) in [6.45, 7) is 4.55. The summed E-state index contributed by atoms with van der Waals surface area (Å²) >= 11 is 9.46. The van der Waals surface area contributed by atoms with Crippen LogP contribution in [0.25, 0.3) is 0 Å². The van der Waals surface area contributed by atoms with Gasteiger partial charge in [0.15, 0.2) is 6.61 Å². The maximum Gasteiger partial charge on any atom is 0.262 e. The number of rotatable bonds is 6. The molecule has 0 aliphatic carbocycles. The molecule has 1 heterocycles. The summed E-state index contributed by atoms with van der Waals surface area (Å²) in [5.41, 5.74) is 1.66. The third-order valence-corrected chi connectivity index (χ3v) is 5.49. The molecule has 0 aromatic heterocycles. The zero-order chi connectivity index (χ0) is 20.8. The fourth-order valence-corrected chi connectivity index (χ4v) is 3.93. The van der Waals surface area contributed by atoms with E-state index in [9.17, 15) is 9.59 Å². The van der Waals surface area contributed by atoms with Crippen molar-refractivity contribution in [1.82, 2.24) is 4.90 Å². The summed E-state index contributed by atoms with van der Waals surface area (Å²) in [6, 6.07) is 12.9. The highest BCUT2D eigenvalue weighted by atomic mass is 79.9. The molecule has 0 atom stereocenters. The van der Waals surface area contributed by atoms with E-state index in [0.29, 0.717) is 30.3 Å². The first kappa shape index (κ1) is 21.5. The second-order valence-corrected chi connectivity index (χ2v) is 7.97. The third-order valence-electron chi connectivity index (χ3n) is 4.71. The summed E-state index contributed by atoms with van der Waals surface area (Å²) in [4.78, 5) is 28.4. The van der Waals surface area contributed by atoms with Crippen molar-refractivity contribution in [1.29, 1.82) is 0 Å². The van der Waals surface area contributed by atoms with Crippen molar-refractivity contribution in [3.05, 3.63) is 52.0 Å². The highest BCUT2D eigenvalue weighted by Gasteiger charge is 2.22. The van der Waals surface area contributed by atoms with E-state index in [1.165, 1.54) is 0 Å². The maximum atomic E-state index is 12.4. The van der Waals surface area contributed by atoms with Crippen LogP contribution in [0.5, 0.6) is 5.75 Å². The van der Waals surface area contributed by atoms with Crippen molar-refractivity contribution in [2.75, 3.05) is 43.0 Å². The van der Waals surface area contributed by atoms with Crippen LogP contribution >= 0.6 is 27.5 Å². The number of hydrogen-bond donors (Lipinski definition) is 1. The van der Waals surface area contributed by atoms with Crippen molar-refractivity contribution in [3.63, 3.8) is 0 Å². The van der Waals surface area contributed by atoms with Crippen molar-refractivity contribution < 1.29 is 14.3 Å². The van der Waals surface area contributed by atoms with Crippen LogP contribution in [-0.2, 0) is 9.59 Å². The van der Waals surface area contributed by atoms with Crippen LogP contribution in [0.2, 0.25) is 5.02 Å². The summed E-state index contributed by atoms with van der Waals surface area (Å²) in [5.74, 6) is 0.362. The molecule has 29 heavy (non-hydrogen) atoms. The van der Waals surface area contributed by atoms with Crippen LogP contribution in [0.3, 0.4) is 0 Å². The summed E-state index contributed by atoms with van der Waals surface area (Å²) in [5, 5.41) is 3.35. The molecule has 1 saturated heterocycles. The first-order valence-electron chi connectivity index (χ1n) is 9.47. The fraction of sp³-hybridized carbons (Fsp3) is 0.333. The SMILES string of the molecule is CCC(=O)N1CCN(c2ccccc2NC(=O)COc2ccc(Br)cc2Cl)CC1. The van der Waals surface area contributed by atoms with Crippen LogP contribution in [0.1, 0.15) is 13.3 Å². The van der Waals surface area contributed by atoms with Crippen molar-refractivity contribution in [2.24, 2.45) is 0 Å². The lowest BCUT2D eigenvalue weighted by Crippen LogP contribution is -2.48. The number of ether oxygens (including phenoxy) is 1. The minimum Gasteiger partial charge on any atom is -0.482 e. The van der Waals surface area contributed by atoms with E-state index in [4.69, 9.17) is 16.3 Å². The standard InChI is InChI=1S/C21H23BrClN3O3/c1-2-21(28)26-11-9-25(10-12-26)18-6-4-3-5-17(18)24-20(27)14-29-19-8-7-15(22)13-16(19)23/h3-8,13H,2,9-12,14H2,1H3,(H,24,27). The average molecular weight is 481 g/mol. The van der Waals surface area contributed by atoms with Gasteiger partial charge in [-0.15, -0.1) is 0 Å². The van der Waals surface area contributed by atoms with Crippen molar-refractivity contribution in [3.8, 4) is 5.75 Å². The number of nitrogens with one attached hydrogen (secondary N) is 1. The summed E-state index contributed by atoms with van der Waals surface area (Å²) in [7, 11) is 0. The molecule has 1 aliphatic heterocycles. The number of hydrogen-bond acceptors (Lipinski definition) is 4. The monoisotopic (exact) mass is 479 g/mol. The Hall–Kier alpha value is -2.25. The van der Waals surface area contributed by atoms with Gasteiger partial charge in [0, 0.05) is 37.1 Å². The Bertz CT molecular complexity index is 885. The van der Waals surface area contributed by atoms with E-state index in [2.05, 4.69) is 26.1 Å². The number of carbonyl (C=O) groups is 2. The molecule has 0 radical (unpaired) electrons. The van der Waals surface area contributed by atoms with Gasteiger partial charge in [0.1, 0.15) is 5.75 Å². The number of piperazine rings is 1. The Balaban J connectivity index is 1.60. The smallest absolute Gasteiger partial charge is 0.262 e. The Morgan fingerprint density at radius 2 is 1.86 bits per heavy atom. The number of amides is 2. The molecule has 3 rings (SSSR count). The van der Waals surface area contributed by atoms with Gasteiger partial charge < -0.3 is 19.9 Å². The van der Waals surface area contributed by atoms with Gasteiger partial charge >= 0.3 is 0 Å². The summed E-state index contributed by atoms with van der Waals surface area (Å²) in [6.07, 6.45) is 0.523. The minimum absolute atomic E-state index is 0.144. The lowest BCUT2D eigenvalue weighted by atomic mass is 10.2. The number of carbonyl (C=O) groups excluding carboxylic acids is 2. The van der Waals surface area contributed by atoms with Crippen LogP contribution in [0, 0.1) is 0 Å². The Kier molecular flexibility index (Phi) is 7.39. The predicted octanol–water partition coefficient (Wildman–Crippen LogP) is 4.18. The molecule has 1 fully saturated rings. The topological polar surface area (TPSA) is 61.9 Å². The van der Waals surface area contributed by atoms with Crippen molar-refractivity contribution in [2.45, 2.75) is 13.3 Å². The Morgan fingerprint density at radius 1 is 1.14 bits per heavy atom. The molecule has 154 valence electrons. The lowest BCUT2D eigenvalue weighted by Gasteiger charge is -2.36. The minimum atomic E-state index is -0.267. The molecule has 0 saturated carbocycles. The van der Waals surface area contributed by atoms with E-state index < -0.39 is 0 Å². The molecule has 2 aromatic rings. The molecule has 8 heteroatoms. The Morgan fingerprint density at radius 3 is 2.55 bits per heavy atom. The van der Waals surface area contributed by atoms with Gasteiger partial charge in [-0.25, -0.2) is 0 Å². The lowest BCUT2D eigenvalue weighted by molar-refractivity contribution is -0.131. The number of anilines is 2. The van der Waals surface area contributed by atoms with Crippen molar-refractivity contribution >= 4 is 50.7 Å². The van der Waals surface area contributed by atoms with E-state index in [1.54, 1.807) is 18.2 Å². The molecule has 0 unspecified atom stereocenters. The molecule has 2 amide bonds. The van der Waals surface area contributed by atoms with E-state index in [-0.39, 0.29) is 18.4 Å². The molecule has 1 aliphatic rings. The molecule has 0 spiro atoms. The quantitative estimate of drug-likeness (QED) is 0.674. The van der Waals surface area contributed by atoms with Crippen LogP contribution in [0.15, 0.2) is 46.9 Å². The Labute approximate surface area is 183 Å². The second kappa shape index (κ2) is 9.98. The normalized spacial score (nSPS) is 13.9. The molecular weight excluding hydrogens is 458 g/mol. The molecular formula is C21H23BrClN3O3. The average Bonchev–Trinajstić information content (AvgIpc) is 2.73. The highest BCUT2D eigenvalue weighted by molar-refractivity contribution is 9.10. The number of nitrogens with zero attached hydrogens (tertiary/aromatic N) is 2. The van der Waals surface area contributed by atoms with Crippen LogP contribution in [0.4, 0.5) is 11.4 Å². The van der Waals surface area contributed by atoms with E-state index in [1.807, 2.05) is 36.1 Å². The van der Waals surface area contributed by atoms with E-state index in [0.717, 1.165) is 28.9 Å². The second-order valence-electron chi connectivity index (χ2n) is 6.65. The number of benzene rings is 2. The zero-order valence-electron chi connectivity index (χ0n) is 16.2. The van der Waals surface area contributed by atoms with E-state index >= 15 is 0 Å². The maximum absolute atomic E-state index is 12.4. The zero-order valence-corrected chi connectivity index (χ0v) is 18.5. The molecule has 1 N–H and O–H groups in total. The third kappa shape index (κ3) is 5.64. The fourth-order valence-electron chi connectivity index (χ4n) is 3.20. The van der Waals surface area contributed by atoms with Crippen LogP contribution in [-0.4, -0.2) is 49.5 Å². The highest BCUT2D eigenvalue weighted by Crippen LogP contribution is 2.29. The number of halogens is 2. The van der Waals surface area contributed by atoms with Crippen LogP contribution < -0.4 is 15.0 Å². The molecule has 2 aromatic carbocycles.